The molecule has 0 bridgehead atoms. The first kappa shape index (κ1) is 20.3. The Kier molecular flexibility index (Phi) is 8.47. The Morgan fingerprint density at radius 1 is 1.31 bits per heavy atom. The number of carbonyl (C=O) groups excluding carboxylic acids is 1. The number of nitrogens with zero attached hydrogens (tertiary/aromatic N) is 2. The highest BCUT2D eigenvalue weighted by atomic mass is 16.5. The normalized spacial score (nSPS) is 13.7. The second kappa shape index (κ2) is 10.9. The number of benzene rings is 1. The van der Waals surface area contributed by atoms with Crippen molar-refractivity contribution >= 4 is 17.3 Å². The van der Waals surface area contributed by atoms with Crippen LogP contribution in [0.4, 0.5) is 5.69 Å². The summed E-state index contributed by atoms with van der Waals surface area (Å²) in [5.74, 6) is 0.0137. The molecule has 0 saturated carbocycles. The number of ether oxygens (including phenoxy) is 1. The van der Waals surface area contributed by atoms with Gasteiger partial charge in [-0.05, 0) is 38.2 Å². The summed E-state index contributed by atoms with van der Waals surface area (Å²) in [5.41, 5.74) is 4.22. The second-order valence-corrected chi connectivity index (χ2v) is 6.48. The molecule has 0 spiro atoms. The number of methoxy groups -OCH3 is 1. The van der Waals surface area contributed by atoms with E-state index in [0.29, 0.717) is 13.0 Å². The van der Waals surface area contributed by atoms with Crippen LogP contribution < -0.4 is 10.6 Å². The van der Waals surface area contributed by atoms with Gasteiger partial charge in [-0.15, -0.1) is 0 Å². The van der Waals surface area contributed by atoms with Crippen LogP contribution in [0.15, 0.2) is 40.9 Å². The van der Waals surface area contributed by atoms with Crippen LogP contribution in [0.2, 0.25) is 0 Å². The SMILES string of the molecule is CNCCN(C)CC1=CCN=C1c1ccc(NC(=O)CCCOC)cc1. The smallest absolute Gasteiger partial charge is 0.224 e. The van der Waals surface area contributed by atoms with Crippen LogP contribution in [0, 0.1) is 0 Å². The molecule has 2 N–H and O–H groups in total. The van der Waals surface area contributed by atoms with E-state index in [0.717, 1.165) is 49.6 Å². The van der Waals surface area contributed by atoms with Gasteiger partial charge in [-0.2, -0.15) is 0 Å². The fourth-order valence-electron chi connectivity index (χ4n) is 2.85. The van der Waals surface area contributed by atoms with Gasteiger partial charge < -0.3 is 20.3 Å². The molecule has 6 nitrogen and oxygen atoms in total. The molecular formula is C20H30N4O2. The number of rotatable bonds is 11. The fraction of sp³-hybridized carbons (Fsp3) is 0.500. The Hall–Kier alpha value is -2.02. The molecule has 0 radical (unpaired) electrons. The molecule has 1 aliphatic heterocycles. The van der Waals surface area contributed by atoms with Crippen molar-refractivity contribution < 1.29 is 9.53 Å². The van der Waals surface area contributed by atoms with E-state index < -0.39 is 0 Å². The highest BCUT2D eigenvalue weighted by Crippen LogP contribution is 2.18. The predicted molar refractivity (Wildman–Crippen MR) is 107 cm³/mol. The van der Waals surface area contributed by atoms with Gasteiger partial charge in [0.15, 0.2) is 0 Å². The van der Waals surface area contributed by atoms with E-state index >= 15 is 0 Å². The highest BCUT2D eigenvalue weighted by Gasteiger charge is 2.15. The quantitative estimate of drug-likeness (QED) is 0.593. The summed E-state index contributed by atoms with van der Waals surface area (Å²) in [6.45, 7) is 4.19. The third-order valence-electron chi connectivity index (χ3n) is 4.27. The maximum atomic E-state index is 11.9. The third kappa shape index (κ3) is 6.37. The largest absolute Gasteiger partial charge is 0.385 e. The number of likely N-dealkylation sites (N-methyl/N-ethyl adjacent to an activating group) is 2. The summed E-state index contributed by atoms with van der Waals surface area (Å²) in [7, 11) is 5.73. The first-order chi connectivity index (χ1) is 12.6. The average molecular weight is 358 g/mol. The predicted octanol–water partition coefficient (Wildman–Crippen LogP) is 1.93. The van der Waals surface area contributed by atoms with Crippen LogP contribution in [0.25, 0.3) is 0 Å². The molecule has 6 heteroatoms. The van der Waals surface area contributed by atoms with Crippen LogP contribution in [-0.4, -0.2) is 70.5 Å². The zero-order valence-electron chi connectivity index (χ0n) is 16.0. The van der Waals surface area contributed by atoms with Crippen molar-refractivity contribution in [3.63, 3.8) is 0 Å². The molecule has 0 aliphatic carbocycles. The molecular weight excluding hydrogens is 328 g/mol. The van der Waals surface area contributed by atoms with E-state index in [1.807, 2.05) is 31.3 Å². The van der Waals surface area contributed by atoms with E-state index in [1.165, 1.54) is 5.57 Å². The van der Waals surface area contributed by atoms with Crippen molar-refractivity contribution in [1.82, 2.24) is 10.2 Å². The molecule has 0 aromatic heterocycles. The Balaban J connectivity index is 1.91. The summed E-state index contributed by atoms with van der Waals surface area (Å²) in [6, 6.07) is 7.92. The van der Waals surface area contributed by atoms with E-state index in [4.69, 9.17) is 4.74 Å². The number of amides is 1. The maximum Gasteiger partial charge on any atom is 0.224 e. The molecule has 0 saturated heterocycles. The molecule has 1 aliphatic rings. The summed E-state index contributed by atoms with van der Waals surface area (Å²) in [6.07, 6.45) is 3.39. The van der Waals surface area contributed by atoms with Gasteiger partial charge in [-0.1, -0.05) is 18.2 Å². The number of hydrogen-bond donors (Lipinski definition) is 2. The first-order valence-electron chi connectivity index (χ1n) is 9.10. The number of nitrogens with one attached hydrogen (secondary N) is 2. The van der Waals surface area contributed by atoms with Crippen molar-refractivity contribution in [3.05, 3.63) is 41.5 Å². The lowest BCUT2D eigenvalue weighted by molar-refractivity contribution is -0.116. The van der Waals surface area contributed by atoms with Crippen molar-refractivity contribution in [2.75, 3.05) is 59.3 Å². The molecule has 26 heavy (non-hydrogen) atoms. The van der Waals surface area contributed by atoms with Crippen LogP contribution in [0.3, 0.4) is 0 Å². The molecule has 1 aromatic rings. The maximum absolute atomic E-state index is 11.9. The Labute approximate surface area is 156 Å². The lowest BCUT2D eigenvalue weighted by Crippen LogP contribution is -2.30. The van der Waals surface area contributed by atoms with E-state index in [1.54, 1.807) is 7.11 Å². The molecule has 1 heterocycles. The van der Waals surface area contributed by atoms with Crippen molar-refractivity contribution in [1.29, 1.82) is 0 Å². The van der Waals surface area contributed by atoms with Crippen LogP contribution in [-0.2, 0) is 9.53 Å². The van der Waals surface area contributed by atoms with Crippen LogP contribution in [0.5, 0.6) is 0 Å². The summed E-state index contributed by atoms with van der Waals surface area (Å²) in [4.78, 5) is 18.8. The molecule has 1 amide bonds. The summed E-state index contributed by atoms with van der Waals surface area (Å²) >= 11 is 0. The zero-order chi connectivity index (χ0) is 18.8. The average Bonchev–Trinajstić information content (AvgIpc) is 3.09. The standard InChI is InChI=1S/C20H30N4O2/c1-21-12-13-24(2)15-17-10-11-22-20(17)16-6-8-18(9-7-16)23-19(25)5-4-14-26-3/h6-10,21H,4-5,11-15H2,1-3H3,(H,23,25). The van der Waals surface area contributed by atoms with Gasteiger partial charge in [0.1, 0.15) is 0 Å². The molecule has 0 atom stereocenters. The summed E-state index contributed by atoms with van der Waals surface area (Å²) < 4.78 is 4.97. The molecule has 0 unspecified atom stereocenters. The monoisotopic (exact) mass is 358 g/mol. The van der Waals surface area contributed by atoms with Crippen molar-refractivity contribution in [2.24, 2.45) is 4.99 Å². The van der Waals surface area contributed by atoms with Crippen molar-refractivity contribution in [2.45, 2.75) is 12.8 Å². The third-order valence-corrected chi connectivity index (χ3v) is 4.27. The van der Waals surface area contributed by atoms with E-state index in [-0.39, 0.29) is 5.91 Å². The fourth-order valence-corrected chi connectivity index (χ4v) is 2.85. The second-order valence-electron chi connectivity index (χ2n) is 6.48. The van der Waals surface area contributed by atoms with Gasteiger partial charge in [0.2, 0.25) is 5.91 Å². The lowest BCUT2D eigenvalue weighted by Gasteiger charge is -2.18. The van der Waals surface area contributed by atoms with Crippen LogP contribution in [0.1, 0.15) is 18.4 Å². The van der Waals surface area contributed by atoms with Gasteiger partial charge in [0.05, 0.1) is 12.3 Å². The molecule has 1 aromatic carbocycles. The number of carbonyl (C=O) groups is 1. The Morgan fingerprint density at radius 3 is 2.77 bits per heavy atom. The molecule has 142 valence electrons. The lowest BCUT2D eigenvalue weighted by atomic mass is 10.0. The van der Waals surface area contributed by atoms with Gasteiger partial charge in [-0.3, -0.25) is 9.79 Å². The highest BCUT2D eigenvalue weighted by molar-refractivity contribution is 6.14. The number of anilines is 1. The van der Waals surface area contributed by atoms with Gasteiger partial charge >= 0.3 is 0 Å². The van der Waals surface area contributed by atoms with Gasteiger partial charge in [0, 0.05) is 51.0 Å². The molecule has 2 rings (SSSR count). The number of aliphatic imine (C=N–C) groups is 1. The minimum atomic E-state index is 0.0137. The minimum absolute atomic E-state index is 0.0137. The van der Waals surface area contributed by atoms with Gasteiger partial charge in [-0.25, -0.2) is 0 Å². The van der Waals surface area contributed by atoms with Crippen LogP contribution >= 0.6 is 0 Å². The summed E-state index contributed by atoms with van der Waals surface area (Å²) in [5, 5.41) is 6.09. The number of hydrogen-bond acceptors (Lipinski definition) is 5. The Morgan fingerprint density at radius 2 is 2.08 bits per heavy atom. The van der Waals surface area contributed by atoms with E-state index in [9.17, 15) is 4.79 Å². The van der Waals surface area contributed by atoms with Gasteiger partial charge in [0.25, 0.3) is 0 Å². The zero-order valence-corrected chi connectivity index (χ0v) is 16.0. The van der Waals surface area contributed by atoms with E-state index in [2.05, 4.69) is 33.6 Å². The Bertz CT molecular complexity index is 638. The molecule has 0 fully saturated rings. The van der Waals surface area contributed by atoms with Crippen molar-refractivity contribution in [3.8, 4) is 0 Å². The first-order valence-corrected chi connectivity index (χ1v) is 9.10. The topological polar surface area (TPSA) is 66.0 Å². The minimum Gasteiger partial charge on any atom is -0.385 e.